The average molecular weight is 219 g/mol. The first-order valence-corrected chi connectivity index (χ1v) is 4.89. The normalized spacial score (nSPS) is 10.2. The van der Waals surface area contributed by atoms with E-state index in [1.165, 1.54) is 0 Å². The van der Waals surface area contributed by atoms with Gasteiger partial charge in [-0.3, -0.25) is 0 Å². The zero-order chi connectivity index (χ0) is 11.5. The molecular weight excluding hydrogens is 206 g/mol. The minimum Gasteiger partial charge on any atom is -0.493 e. The summed E-state index contributed by atoms with van der Waals surface area (Å²) in [5, 5.41) is 0. The summed E-state index contributed by atoms with van der Waals surface area (Å²) in [4.78, 5) is 4.25. The van der Waals surface area contributed by atoms with Crippen molar-refractivity contribution in [3.63, 3.8) is 0 Å². The summed E-state index contributed by atoms with van der Waals surface area (Å²) >= 11 is 0. The van der Waals surface area contributed by atoms with Gasteiger partial charge in [-0.05, 0) is 18.2 Å². The maximum Gasteiger partial charge on any atom is 0.191 e. The molecule has 2 rings (SSSR count). The number of aromatic nitrogens is 1. The second kappa shape index (κ2) is 4.26. The summed E-state index contributed by atoms with van der Waals surface area (Å²) in [6.07, 6.45) is 1.62. The highest BCUT2D eigenvalue weighted by atomic mass is 16.5. The van der Waals surface area contributed by atoms with Crippen LogP contribution in [0.3, 0.4) is 0 Å². The van der Waals surface area contributed by atoms with Crippen molar-refractivity contribution in [1.82, 2.24) is 4.98 Å². The predicted molar refractivity (Wildman–Crippen MR) is 59.8 cm³/mol. The number of hydrogen-bond donors (Lipinski definition) is 0. The van der Waals surface area contributed by atoms with Crippen molar-refractivity contribution in [2.24, 2.45) is 0 Å². The van der Waals surface area contributed by atoms with Crippen LogP contribution in [0.25, 0.3) is 11.3 Å². The Morgan fingerprint density at radius 3 is 2.44 bits per heavy atom. The van der Waals surface area contributed by atoms with Crippen LogP contribution in [0.5, 0.6) is 11.5 Å². The Morgan fingerprint density at radius 2 is 1.88 bits per heavy atom. The molecular formula is C12H13NO3. The highest BCUT2D eigenvalue weighted by molar-refractivity contribution is 5.63. The van der Waals surface area contributed by atoms with Crippen LogP contribution >= 0.6 is 0 Å². The standard InChI is InChI=1S/C12H13NO3/c1-8-13-10(7-16-8)9-4-5-11(14-2)12(6-9)15-3/h4-7H,1-3H3. The molecule has 2 aromatic rings. The summed E-state index contributed by atoms with van der Waals surface area (Å²) in [6.45, 7) is 1.81. The summed E-state index contributed by atoms with van der Waals surface area (Å²) in [5.41, 5.74) is 1.73. The molecule has 0 aliphatic carbocycles. The van der Waals surface area contributed by atoms with Crippen molar-refractivity contribution < 1.29 is 13.9 Å². The summed E-state index contributed by atoms with van der Waals surface area (Å²) in [7, 11) is 3.22. The van der Waals surface area contributed by atoms with Gasteiger partial charge >= 0.3 is 0 Å². The van der Waals surface area contributed by atoms with Crippen molar-refractivity contribution in [1.29, 1.82) is 0 Å². The van der Waals surface area contributed by atoms with E-state index in [0.717, 1.165) is 11.3 Å². The number of ether oxygens (including phenoxy) is 2. The van der Waals surface area contributed by atoms with Gasteiger partial charge in [-0.25, -0.2) is 4.98 Å². The van der Waals surface area contributed by atoms with E-state index in [1.54, 1.807) is 20.5 Å². The molecule has 0 saturated heterocycles. The molecule has 0 atom stereocenters. The lowest BCUT2D eigenvalue weighted by Crippen LogP contribution is -1.90. The molecule has 1 heterocycles. The largest absolute Gasteiger partial charge is 0.493 e. The monoisotopic (exact) mass is 219 g/mol. The number of benzene rings is 1. The fourth-order valence-corrected chi connectivity index (χ4v) is 1.49. The molecule has 0 aliphatic rings. The first-order chi connectivity index (χ1) is 7.74. The number of hydrogen-bond acceptors (Lipinski definition) is 4. The number of methoxy groups -OCH3 is 2. The van der Waals surface area contributed by atoms with Gasteiger partial charge in [0.15, 0.2) is 17.4 Å². The lowest BCUT2D eigenvalue weighted by atomic mass is 10.1. The Kier molecular flexibility index (Phi) is 2.81. The molecule has 0 bridgehead atoms. The van der Waals surface area contributed by atoms with Crippen LogP contribution in [0.15, 0.2) is 28.9 Å². The molecule has 0 radical (unpaired) electrons. The maximum absolute atomic E-state index is 5.22. The van der Waals surface area contributed by atoms with E-state index in [0.29, 0.717) is 17.4 Å². The van der Waals surface area contributed by atoms with E-state index in [2.05, 4.69) is 4.98 Å². The van der Waals surface area contributed by atoms with Crippen LogP contribution in [0.4, 0.5) is 0 Å². The fraction of sp³-hybridized carbons (Fsp3) is 0.250. The lowest BCUT2D eigenvalue weighted by molar-refractivity contribution is 0.355. The van der Waals surface area contributed by atoms with Crippen LogP contribution < -0.4 is 9.47 Å². The van der Waals surface area contributed by atoms with Gasteiger partial charge in [0.25, 0.3) is 0 Å². The van der Waals surface area contributed by atoms with Crippen LogP contribution in [0.2, 0.25) is 0 Å². The summed E-state index contributed by atoms with van der Waals surface area (Å²) in [6, 6.07) is 5.63. The van der Waals surface area contributed by atoms with Gasteiger partial charge in [-0.2, -0.15) is 0 Å². The Bertz CT molecular complexity index is 491. The molecule has 1 aromatic carbocycles. The quantitative estimate of drug-likeness (QED) is 0.796. The number of rotatable bonds is 3. The van der Waals surface area contributed by atoms with Crippen LogP contribution in [-0.2, 0) is 0 Å². The van der Waals surface area contributed by atoms with Gasteiger partial charge in [-0.15, -0.1) is 0 Å². The lowest BCUT2D eigenvalue weighted by Gasteiger charge is -2.07. The number of oxazole rings is 1. The molecule has 0 saturated carbocycles. The Morgan fingerprint density at radius 1 is 1.12 bits per heavy atom. The van der Waals surface area contributed by atoms with E-state index < -0.39 is 0 Å². The number of nitrogens with zero attached hydrogens (tertiary/aromatic N) is 1. The van der Waals surface area contributed by atoms with Crippen molar-refractivity contribution >= 4 is 0 Å². The second-order valence-corrected chi connectivity index (χ2v) is 3.32. The first-order valence-electron chi connectivity index (χ1n) is 4.89. The summed E-state index contributed by atoms with van der Waals surface area (Å²) < 4.78 is 15.6. The van der Waals surface area contributed by atoms with E-state index in [1.807, 2.05) is 25.1 Å². The van der Waals surface area contributed by atoms with Gasteiger partial charge < -0.3 is 13.9 Å². The molecule has 1 aromatic heterocycles. The van der Waals surface area contributed by atoms with E-state index >= 15 is 0 Å². The molecule has 0 N–H and O–H groups in total. The first kappa shape index (κ1) is 10.5. The van der Waals surface area contributed by atoms with Gasteiger partial charge in [-0.1, -0.05) is 0 Å². The minimum absolute atomic E-state index is 0.643. The average Bonchev–Trinajstić information content (AvgIpc) is 2.75. The van der Waals surface area contributed by atoms with Crippen LogP contribution in [0.1, 0.15) is 5.89 Å². The Labute approximate surface area is 93.8 Å². The minimum atomic E-state index is 0.643. The predicted octanol–water partition coefficient (Wildman–Crippen LogP) is 2.67. The van der Waals surface area contributed by atoms with E-state index in [4.69, 9.17) is 13.9 Å². The highest BCUT2D eigenvalue weighted by Crippen LogP contribution is 2.31. The zero-order valence-electron chi connectivity index (χ0n) is 9.48. The molecule has 4 heteroatoms. The van der Waals surface area contributed by atoms with Gasteiger partial charge in [0.1, 0.15) is 12.0 Å². The van der Waals surface area contributed by atoms with Crippen molar-refractivity contribution in [3.05, 3.63) is 30.4 Å². The maximum atomic E-state index is 5.22. The molecule has 84 valence electrons. The zero-order valence-corrected chi connectivity index (χ0v) is 9.48. The van der Waals surface area contributed by atoms with Crippen molar-refractivity contribution in [2.45, 2.75) is 6.92 Å². The fourth-order valence-electron chi connectivity index (χ4n) is 1.49. The third-order valence-corrected chi connectivity index (χ3v) is 2.30. The molecule has 0 amide bonds. The van der Waals surface area contributed by atoms with Gasteiger partial charge in [0.2, 0.25) is 0 Å². The summed E-state index contributed by atoms with van der Waals surface area (Å²) in [5.74, 6) is 2.02. The van der Waals surface area contributed by atoms with Crippen LogP contribution in [-0.4, -0.2) is 19.2 Å². The topological polar surface area (TPSA) is 44.5 Å². The Hall–Kier alpha value is -1.97. The van der Waals surface area contributed by atoms with E-state index in [9.17, 15) is 0 Å². The van der Waals surface area contributed by atoms with Gasteiger partial charge in [0.05, 0.1) is 14.2 Å². The highest BCUT2D eigenvalue weighted by Gasteiger charge is 2.08. The Balaban J connectivity index is 2.43. The molecule has 0 unspecified atom stereocenters. The third kappa shape index (κ3) is 1.86. The number of aryl methyl sites for hydroxylation is 1. The molecule has 0 fully saturated rings. The van der Waals surface area contributed by atoms with Crippen LogP contribution in [0, 0.1) is 6.92 Å². The van der Waals surface area contributed by atoms with Crippen molar-refractivity contribution in [3.8, 4) is 22.8 Å². The molecule has 16 heavy (non-hydrogen) atoms. The molecule has 0 spiro atoms. The second-order valence-electron chi connectivity index (χ2n) is 3.32. The SMILES string of the molecule is COc1ccc(-c2coc(C)n2)cc1OC. The van der Waals surface area contributed by atoms with Crippen molar-refractivity contribution in [2.75, 3.05) is 14.2 Å². The molecule has 0 aliphatic heterocycles. The van der Waals surface area contributed by atoms with E-state index in [-0.39, 0.29) is 0 Å². The third-order valence-electron chi connectivity index (χ3n) is 2.30. The van der Waals surface area contributed by atoms with Gasteiger partial charge in [0, 0.05) is 12.5 Å². The smallest absolute Gasteiger partial charge is 0.191 e. The molecule has 4 nitrogen and oxygen atoms in total.